The predicted octanol–water partition coefficient (Wildman–Crippen LogP) is 0.316. The summed E-state index contributed by atoms with van der Waals surface area (Å²) in [6.45, 7) is 0.694. The van der Waals surface area contributed by atoms with Crippen LogP contribution in [0.2, 0.25) is 0 Å². The van der Waals surface area contributed by atoms with Crippen molar-refractivity contribution in [1.29, 1.82) is 0 Å². The van der Waals surface area contributed by atoms with E-state index < -0.39 is 21.7 Å². The highest BCUT2D eigenvalue weighted by molar-refractivity contribution is 7.90. The van der Waals surface area contributed by atoms with Crippen molar-refractivity contribution in [3.8, 4) is 0 Å². The molecule has 2 amide bonds. The zero-order valence-corrected chi connectivity index (χ0v) is 12.3. The summed E-state index contributed by atoms with van der Waals surface area (Å²) in [6.07, 6.45) is 1.13. The van der Waals surface area contributed by atoms with Crippen molar-refractivity contribution < 1.29 is 23.1 Å². The fraction of sp³-hybridized carbons (Fsp3) is 0.385. The maximum Gasteiger partial charge on any atom is 0.317 e. The molecule has 1 aliphatic heterocycles. The molecule has 0 saturated carbocycles. The zero-order chi connectivity index (χ0) is 15.6. The normalized spacial score (nSPS) is 15.4. The van der Waals surface area contributed by atoms with Crippen molar-refractivity contribution in [3.63, 3.8) is 0 Å². The number of hydrogen-bond donors (Lipinski definition) is 2. The van der Waals surface area contributed by atoms with E-state index in [9.17, 15) is 18.0 Å². The van der Waals surface area contributed by atoms with Crippen molar-refractivity contribution in [2.75, 3.05) is 19.3 Å². The Labute approximate surface area is 122 Å². The lowest BCUT2D eigenvalue weighted by molar-refractivity contribution is -0.146. The van der Waals surface area contributed by atoms with Crippen molar-refractivity contribution >= 4 is 21.8 Å². The molecular formula is C13H16N2O5S. The molecule has 2 rings (SSSR count). The molecule has 1 heterocycles. The third-order valence-electron chi connectivity index (χ3n) is 3.31. The first kappa shape index (κ1) is 15.3. The van der Waals surface area contributed by atoms with Gasteiger partial charge in [-0.3, -0.25) is 4.79 Å². The van der Waals surface area contributed by atoms with Crippen LogP contribution in [0.5, 0.6) is 0 Å². The van der Waals surface area contributed by atoms with Crippen LogP contribution in [0.15, 0.2) is 29.2 Å². The third kappa shape index (κ3) is 3.72. The molecule has 2 N–H and O–H groups in total. The standard InChI is InChI=1S/C13H16N2O5S/c1-21(19,20)11-4-2-9(3-5-11)6-14-13(18)15-7-10(8-15)12(16)17/h2-5,10H,6-8H2,1H3,(H,14,18)(H,16,17). The highest BCUT2D eigenvalue weighted by atomic mass is 32.2. The molecular weight excluding hydrogens is 296 g/mol. The van der Waals surface area contributed by atoms with Crippen LogP contribution in [0.25, 0.3) is 0 Å². The number of sulfone groups is 1. The van der Waals surface area contributed by atoms with Gasteiger partial charge < -0.3 is 15.3 Å². The lowest BCUT2D eigenvalue weighted by Crippen LogP contribution is -2.56. The van der Waals surface area contributed by atoms with Crippen LogP contribution in [-0.4, -0.2) is 49.8 Å². The van der Waals surface area contributed by atoms with Gasteiger partial charge in [-0.15, -0.1) is 0 Å². The summed E-state index contributed by atoms with van der Waals surface area (Å²) in [6, 6.07) is 5.92. The first-order chi connectivity index (χ1) is 9.77. The summed E-state index contributed by atoms with van der Waals surface area (Å²) in [5.74, 6) is -1.37. The third-order valence-corrected chi connectivity index (χ3v) is 4.44. The number of nitrogens with zero attached hydrogens (tertiary/aromatic N) is 1. The Balaban J connectivity index is 1.84. The number of benzene rings is 1. The van der Waals surface area contributed by atoms with Crippen molar-refractivity contribution in [1.82, 2.24) is 10.2 Å². The molecule has 0 aromatic heterocycles. The van der Waals surface area contributed by atoms with Gasteiger partial charge in [0.05, 0.1) is 10.8 Å². The van der Waals surface area contributed by atoms with Gasteiger partial charge in [-0.25, -0.2) is 13.2 Å². The molecule has 0 spiro atoms. The lowest BCUT2D eigenvalue weighted by Gasteiger charge is -2.36. The number of carbonyl (C=O) groups excluding carboxylic acids is 1. The number of urea groups is 1. The van der Waals surface area contributed by atoms with Crippen LogP contribution in [0, 0.1) is 5.92 Å². The molecule has 0 atom stereocenters. The number of amides is 2. The Kier molecular flexibility index (Phi) is 4.17. The van der Waals surface area contributed by atoms with E-state index in [0.29, 0.717) is 0 Å². The van der Waals surface area contributed by atoms with Crippen LogP contribution in [0.3, 0.4) is 0 Å². The Morgan fingerprint density at radius 3 is 2.33 bits per heavy atom. The van der Waals surface area contributed by atoms with Gasteiger partial charge in [-0.05, 0) is 17.7 Å². The van der Waals surface area contributed by atoms with E-state index in [1.165, 1.54) is 17.0 Å². The van der Waals surface area contributed by atoms with Gasteiger partial charge in [0, 0.05) is 25.9 Å². The van der Waals surface area contributed by atoms with E-state index >= 15 is 0 Å². The summed E-state index contributed by atoms with van der Waals surface area (Å²) in [7, 11) is -3.22. The summed E-state index contributed by atoms with van der Waals surface area (Å²) in [5, 5.41) is 11.4. The maximum atomic E-state index is 11.7. The van der Waals surface area contributed by atoms with Crippen molar-refractivity contribution in [2.45, 2.75) is 11.4 Å². The van der Waals surface area contributed by atoms with Gasteiger partial charge in [-0.2, -0.15) is 0 Å². The van der Waals surface area contributed by atoms with E-state index in [0.717, 1.165) is 11.8 Å². The molecule has 1 saturated heterocycles. The monoisotopic (exact) mass is 312 g/mol. The second kappa shape index (κ2) is 5.72. The van der Waals surface area contributed by atoms with Crippen LogP contribution in [0.1, 0.15) is 5.56 Å². The van der Waals surface area contributed by atoms with Crippen LogP contribution in [0.4, 0.5) is 4.79 Å². The number of hydrogen-bond acceptors (Lipinski definition) is 4. The van der Waals surface area contributed by atoms with Crippen molar-refractivity contribution in [2.24, 2.45) is 5.92 Å². The first-order valence-electron chi connectivity index (χ1n) is 6.32. The van der Waals surface area contributed by atoms with Gasteiger partial charge in [-0.1, -0.05) is 12.1 Å². The van der Waals surface area contributed by atoms with Crippen LogP contribution < -0.4 is 5.32 Å². The van der Waals surface area contributed by atoms with Crippen molar-refractivity contribution in [3.05, 3.63) is 29.8 Å². The molecule has 1 aliphatic rings. The molecule has 0 bridgehead atoms. The summed E-state index contributed by atoms with van der Waals surface area (Å²) in [4.78, 5) is 24.0. The second-order valence-corrected chi connectivity index (χ2v) is 7.03. The van der Waals surface area contributed by atoms with E-state index in [1.807, 2.05) is 0 Å². The number of rotatable bonds is 4. The molecule has 114 valence electrons. The van der Waals surface area contributed by atoms with Gasteiger partial charge in [0.25, 0.3) is 0 Å². The SMILES string of the molecule is CS(=O)(=O)c1ccc(CNC(=O)N2CC(C(=O)O)C2)cc1. The van der Waals surface area contributed by atoms with E-state index in [1.54, 1.807) is 12.1 Å². The number of aliphatic carboxylic acids is 1. The Morgan fingerprint density at radius 1 is 1.29 bits per heavy atom. The minimum Gasteiger partial charge on any atom is -0.481 e. The lowest BCUT2D eigenvalue weighted by atomic mass is 10.0. The molecule has 1 aromatic rings. The Morgan fingerprint density at radius 2 is 1.86 bits per heavy atom. The largest absolute Gasteiger partial charge is 0.481 e. The summed E-state index contributed by atoms with van der Waals surface area (Å²) in [5.41, 5.74) is 0.769. The predicted molar refractivity (Wildman–Crippen MR) is 74.5 cm³/mol. The zero-order valence-electron chi connectivity index (χ0n) is 11.4. The molecule has 1 aromatic carbocycles. The average Bonchev–Trinajstić information content (AvgIpc) is 2.33. The first-order valence-corrected chi connectivity index (χ1v) is 8.21. The molecule has 7 nitrogen and oxygen atoms in total. The van der Waals surface area contributed by atoms with E-state index in [2.05, 4.69) is 5.32 Å². The number of carboxylic acids is 1. The number of likely N-dealkylation sites (tertiary alicyclic amines) is 1. The fourth-order valence-electron chi connectivity index (χ4n) is 1.94. The molecule has 0 unspecified atom stereocenters. The van der Waals surface area contributed by atoms with Gasteiger partial charge >= 0.3 is 12.0 Å². The minimum atomic E-state index is -3.22. The molecule has 21 heavy (non-hydrogen) atoms. The number of carbonyl (C=O) groups is 2. The fourth-order valence-corrected chi connectivity index (χ4v) is 2.58. The quantitative estimate of drug-likeness (QED) is 0.833. The molecule has 1 fully saturated rings. The average molecular weight is 312 g/mol. The summed E-state index contributed by atoms with van der Waals surface area (Å²) < 4.78 is 22.6. The van der Waals surface area contributed by atoms with E-state index in [-0.39, 0.29) is 30.6 Å². The Hall–Kier alpha value is -2.09. The second-order valence-electron chi connectivity index (χ2n) is 5.01. The highest BCUT2D eigenvalue weighted by Gasteiger charge is 2.35. The highest BCUT2D eigenvalue weighted by Crippen LogP contribution is 2.15. The minimum absolute atomic E-state index is 0.216. The van der Waals surface area contributed by atoms with Crippen LogP contribution in [-0.2, 0) is 21.2 Å². The number of carboxylic acid groups (broad SMARTS) is 1. The summed E-state index contributed by atoms with van der Waals surface area (Å²) >= 11 is 0. The maximum absolute atomic E-state index is 11.7. The van der Waals surface area contributed by atoms with Gasteiger partial charge in [0.15, 0.2) is 9.84 Å². The molecule has 0 radical (unpaired) electrons. The van der Waals surface area contributed by atoms with Gasteiger partial charge in [0.1, 0.15) is 0 Å². The Bertz CT molecular complexity index is 648. The van der Waals surface area contributed by atoms with E-state index in [4.69, 9.17) is 5.11 Å². The smallest absolute Gasteiger partial charge is 0.317 e. The topological polar surface area (TPSA) is 104 Å². The number of nitrogens with one attached hydrogen (secondary N) is 1. The molecule has 0 aliphatic carbocycles. The molecule has 8 heteroatoms. The van der Waals surface area contributed by atoms with Gasteiger partial charge in [0.2, 0.25) is 0 Å². The van der Waals surface area contributed by atoms with Crippen LogP contribution >= 0.6 is 0 Å².